The first-order valence-electron chi connectivity index (χ1n) is 10.6. The maximum absolute atomic E-state index is 12.5. The molecule has 4 rings (SSSR count). The number of pyridine rings is 1. The quantitative estimate of drug-likeness (QED) is 0.575. The van der Waals surface area contributed by atoms with Crippen molar-refractivity contribution in [2.24, 2.45) is 0 Å². The van der Waals surface area contributed by atoms with Gasteiger partial charge in [0.1, 0.15) is 28.7 Å². The van der Waals surface area contributed by atoms with Crippen molar-refractivity contribution in [1.29, 1.82) is 0 Å². The highest BCUT2D eigenvalue weighted by Gasteiger charge is 2.22. The fourth-order valence-electron chi connectivity index (χ4n) is 3.59. The van der Waals surface area contributed by atoms with Crippen molar-refractivity contribution in [2.75, 3.05) is 37.7 Å². The standard InChI is InChI=1S/C22H26ClN7O2/c1-3-32-20-12-18(5-6-19(20)30-15-26-16(2)27-30)28-8-10-29(11-9-28)22(31)25-14-17-4-7-21(23)24-13-17/h4-7,12-13,15H,3,8-11,14H2,1-2H3,(H,25,31). The van der Waals surface area contributed by atoms with Crippen molar-refractivity contribution in [2.45, 2.75) is 20.4 Å². The Labute approximate surface area is 192 Å². The van der Waals surface area contributed by atoms with Gasteiger partial charge in [0.2, 0.25) is 0 Å². The van der Waals surface area contributed by atoms with Crippen molar-refractivity contribution in [1.82, 2.24) is 30.0 Å². The molecule has 32 heavy (non-hydrogen) atoms. The topological polar surface area (TPSA) is 88.4 Å². The van der Waals surface area contributed by atoms with Crippen LogP contribution in [0.4, 0.5) is 10.5 Å². The van der Waals surface area contributed by atoms with Gasteiger partial charge in [0.25, 0.3) is 0 Å². The van der Waals surface area contributed by atoms with Crippen LogP contribution in [-0.4, -0.2) is 63.5 Å². The SMILES string of the molecule is CCOc1cc(N2CCN(C(=O)NCc3ccc(Cl)nc3)CC2)ccc1-n1cnc(C)n1. The number of carbonyl (C=O) groups excluding carboxylic acids is 1. The largest absolute Gasteiger partial charge is 0.492 e. The maximum atomic E-state index is 12.5. The zero-order chi connectivity index (χ0) is 22.5. The highest BCUT2D eigenvalue weighted by molar-refractivity contribution is 6.29. The summed E-state index contributed by atoms with van der Waals surface area (Å²) >= 11 is 5.80. The van der Waals surface area contributed by atoms with E-state index in [0.717, 1.165) is 35.8 Å². The summed E-state index contributed by atoms with van der Waals surface area (Å²) in [6.45, 7) is 7.54. The molecule has 9 nitrogen and oxygen atoms in total. The second kappa shape index (κ2) is 9.86. The number of anilines is 1. The molecule has 0 atom stereocenters. The van der Waals surface area contributed by atoms with Gasteiger partial charge in [0.15, 0.2) is 0 Å². The molecule has 1 fully saturated rings. The predicted octanol–water partition coefficient (Wildman–Crippen LogP) is 3.05. The molecule has 3 aromatic rings. The Balaban J connectivity index is 1.36. The molecule has 0 saturated carbocycles. The summed E-state index contributed by atoms with van der Waals surface area (Å²) in [6, 6.07) is 9.57. The van der Waals surface area contributed by atoms with E-state index in [9.17, 15) is 4.79 Å². The molecule has 1 aromatic carbocycles. The summed E-state index contributed by atoms with van der Waals surface area (Å²) in [4.78, 5) is 24.9. The molecule has 1 saturated heterocycles. The first kappa shape index (κ1) is 21.9. The third-order valence-corrected chi connectivity index (χ3v) is 5.48. The van der Waals surface area contributed by atoms with Gasteiger partial charge >= 0.3 is 6.03 Å². The third kappa shape index (κ3) is 5.11. The summed E-state index contributed by atoms with van der Waals surface area (Å²) in [7, 11) is 0. The Morgan fingerprint density at radius 1 is 1.16 bits per heavy atom. The molecule has 0 spiro atoms. The van der Waals surface area contributed by atoms with Gasteiger partial charge in [-0.1, -0.05) is 17.7 Å². The van der Waals surface area contributed by atoms with Crippen molar-refractivity contribution < 1.29 is 9.53 Å². The average Bonchev–Trinajstić information content (AvgIpc) is 3.25. The number of rotatable bonds is 6. The number of halogens is 1. The Kier molecular flexibility index (Phi) is 6.75. The van der Waals surface area contributed by atoms with Gasteiger partial charge in [-0.05, 0) is 37.6 Å². The van der Waals surface area contributed by atoms with Gasteiger partial charge in [-0.25, -0.2) is 19.4 Å². The molecule has 3 heterocycles. The van der Waals surface area contributed by atoms with Crippen LogP contribution in [0.5, 0.6) is 5.75 Å². The predicted molar refractivity (Wildman–Crippen MR) is 123 cm³/mol. The maximum Gasteiger partial charge on any atom is 0.317 e. The van der Waals surface area contributed by atoms with Gasteiger partial charge in [-0.3, -0.25) is 0 Å². The van der Waals surface area contributed by atoms with E-state index < -0.39 is 0 Å². The van der Waals surface area contributed by atoms with E-state index in [1.807, 2.05) is 36.9 Å². The Morgan fingerprint density at radius 2 is 1.97 bits per heavy atom. The minimum absolute atomic E-state index is 0.0773. The molecule has 2 aromatic heterocycles. The van der Waals surface area contributed by atoms with E-state index in [1.54, 1.807) is 23.3 Å². The summed E-state index contributed by atoms with van der Waals surface area (Å²) in [6.07, 6.45) is 3.35. The minimum atomic E-state index is -0.0773. The van der Waals surface area contributed by atoms with E-state index in [-0.39, 0.29) is 6.03 Å². The summed E-state index contributed by atoms with van der Waals surface area (Å²) in [5.41, 5.74) is 2.82. The molecule has 0 unspecified atom stereocenters. The molecule has 0 radical (unpaired) electrons. The van der Waals surface area contributed by atoms with Gasteiger partial charge in [0.05, 0.1) is 6.61 Å². The van der Waals surface area contributed by atoms with E-state index in [4.69, 9.17) is 16.3 Å². The number of urea groups is 1. The van der Waals surface area contributed by atoms with Crippen molar-refractivity contribution in [3.63, 3.8) is 0 Å². The fourth-order valence-corrected chi connectivity index (χ4v) is 3.70. The number of ether oxygens (including phenoxy) is 1. The lowest BCUT2D eigenvalue weighted by molar-refractivity contribution is 0.194. The monoisotopic (exact) mass is 455 g/mol. The van der Waals surface area contributed by atoms with Gasteiger partial charge < -0.3 is 19.9 Å². The van der Waals surface area contributed by atoms with Crippen LogP contribution in [0.25, 0.3) is 5.69 Å². The molecule has 0 bridgehead atoms. The molecule has 0 aliphatic carbocycles. The van der Waals surface area contributed by atoms with Crippen molar-refractivity contribution in [3.05, 3.63) is 59.4 Å². The molecule has 2 amide bonds. The molecule has 1 N–H and O–H groups in total. The number of amides is 2. The first-order chi connectivity index (χ1) is 15.5. The molecular formula is C22H26ClN7O2. The highest BCUT2D eigenvalue weighted by Crippen LogP contribution is 2.29. The fraction of sp³-hybridized carbons (Fsp3) is 0.364. The Hall–Kier alpha value is -3.33. The summed E-state index contributed by atoms with van der Waals surface area (Å²) in [5.74, 6) is 1.46. The second-order valence-corrected chi connectivity index (χ2v) is 7.83. The molecule has 1 aliphatic heterocycles. The summed E-state index contributed by atoms with van der Waals surface area (Å²) < 4.78 is 7.59. The van der Waals surface area contributed by atoms with Crippen molar-refractivity contribution >= 4 is 23.3 Å². The van der Waals surface area contributed by atoms with Crippen molar-refractivity contribution in [3.8, 4) is 11.4 Å². The van der Waals surface area contributed by atoms with Crippen LogP contribution >= 0.6 is 11.6 Å². The van der Waals surface area contributed by atoms with Crippen LogP contribution in [0.1, 0.15) is 18.3 Å². The zero-order valence-corrected chi connectivity index (χ0v) is 18.9. The van der Waals surface area contributed by atoms with Crippen LogP contribution in [0.2, 0.25) is 5.15 Å². The number of hydrogen-bond acceptors (Lipinski definition) is 6. The Morgan fingerprint density at radius 3 is 2.62 bits per heavy atom. The van der Waals surface area contributed by atoms with Crippen LogP contribution in [-0.2, 0) is 6.54 Å². The molecular weight excluding hydrogens is 430 g/mol. The number of nitrogens with zero attached hydrogens (tertiary/aromatic N) is 6. The molecule has 168 valence electrons. The van der Waals surface area contributed by atoms with E-state index in [0.29, 0.717) is 37.2 Å². The van der Waals surface area contributed by atoms with E-state index in [2.05, 4.69) is 31.3 Å². The number of carbonyl (C=O) groups is 1. The number of aromatic nitrogens is 4. The smallest absolute Gasteiger partial charge is 0.317 e. The third-order valence-electron chi connectivity index (χ3n) is 5.26. The number of piperazine rings is 1. The normalized spacial score (nSPS) is 13.8. The first-order valence-corrected chi connectivity index (χ1v) is 10.9. The van der Waals surface area contributed by atoms with Crippen LogP contribution in [0, 0.1) is 6.92 Å². The Bertz CT molecular complexity index is 1060. The second-order valence-electron chi connectivity index (χ2n) is 7.44. The van der Waals surface area contributed by atoms with Crippen LogP contribution in [0.3, 0.4) is 0 Å². The van der Waals surface area contributed by atoms with E-state index in [1.165, 1.54) is 0 Å². The lowest BCUT2D eigenvalue weighted by Crippen LogP contribution is -2.51. The molecule has 1 aliphatic rings. The number of nitrogens with one attached hydrogen (secondary N) is 1. The highest BCUT2D eigenvalue weighted by atomic mass is 35.5. The van der Waals surface area contributed by atoms with Gasteiger partial charge in [-0.15, -0.1) is 0 Å². The van der Waals surface area contributed by atoms with Gasteiger partial charge in [-0.2, -0.15) is 5.10 Å². The number of aryl methyl sites for hydroxylation is 1. The lowest BCUT2D eigenvalue weighted by atomic mass is 10.2. The number of hydrogen-bond donors (Lipinski definition) is 1. The van der Waals surface area contributed by atoms with E-state index >= 15 is 0 Å². The minimum Gasteiger partial charge on any atom is -0.492 e. The zero-order valence-electron chi connectivity index (χ0n) is 18.2. The average molecular weight is 456 g/mol. The summed E-state index contributed by atoms with van der Waals surface area (Å²) in [5, 5.41) is 7.77. The lowest BCUT2D eigenvalue weighted by Gasteiger charge is -2.36. The van der Waals surface area contributed by atoms with Gasteiger partial charge in [0, 0.05) is 50.7 Å². The number of benzene rings is 1. The molecule has 10 heteroatoms. The van der Waals surface area contributed by atoms with Crippen LogP contribution < -0.4 is 15.0 Å². The van der Waals surface area contributed by atoms with Crippen LogP contribution in [0.15, 0.2) is 42.9 Å².